The molecule has 3 nitrogen and oxygen atoms in total. The Kier molecular flexibility index (Phi) is 2.54. The first-order valence-corrected chi connectivity index (χ1v) is 5.23. The zero-order valence-electron chi connectivity index (χ0n) is 8.05. The highest BCUT2D eigenvalue weighted by Gasteiger charge is 2.41. The zero-order valence-corrected chi connectivity index (χ0v) is 8.05. The van der Waals surface area contributed by atoms with E-state index in [1.54, 1.807) is 0 Å². The fourth-order valence-corrected chi connectivity index (χ4v) is 1.70. The molecule has 2 N–H and O–H groups in total. The standard InChI is InChI=1S/C10H18N2O/c13-8-10(4-5-10)7-12-9-3-1-2-6-11-9/h13H,1-8H2,(H,11,12). The van der Waals surface area contributed by atoms with Crippen molar-refractivity contribution in [3.8, 4) is 0 Å². The van der Waals surface area contributed by atoms with Gasteiger partial charge in [-0.1, -0.05) is 0 Å². The van der Waals surface area contributed by atoms with Crippen LogP contribution in [0.3, 0.4) is 0 Å². The van der Waals surface area contributed by atoms with Crippen molar-refractivity contribution in [2.24, 2.45) is 10.4 Å². The first kappa shape index (κ1) is 9.00. The third kappa shape index (κ3) is 2.21. The molecular weight excluding hydrogens is 164 g/mol. The van der Waals surface area contributed by atoms with Crippen molar-refractivity contribution in [1.29, 1.82) is 0 Å². The molecule has 2 aliphatic rings. The van der Waals surface area contributed by atoms with Gasteiger partial charge in [-0.3, -0.25) is 4.99 Å². The van der Waals surface area contributed by atoms with E-state index in [4.69, 9.17) is 5.11 Å². The van der Waals surface area contributed by atoms with Crippen molar-refractivity contribution < 1.29 is 5.11 Å². The minimum absolute atomic E-state index is 0.208. The van der Waals surface area contributed by atoms with Crippen molar-refractivity contribution in [3.05, 3.63) is 0 Å². The first-order chi connectivity index (χ1) is 6.35. The largest absolute Gasteiger partial charge is 0.396 e. The number of rotatable bonds is 3. The van der Waals surface area contributed by atoms with Gasteiger partial charge >= 0.3 is 0 Å². The van der Waals surface area contributed by atoms with E-state index in [0.29, 0.717) is 6.61 Å². The lowest BCUT2D eigenvalue weighted by molar-refractivity contribution is 0.212. The van der Waals surface area contributed by atoms with E-state index in [-0.39, 0.29) is 5.41 Å². The van der Waals surface area contributed by atoms with Gasteiger partial charge in [-0.05, 0) is 25.7 Å². The normalized spacial score (nSPS) is 25.2. The summed E-state index contributed by atoms with van der Waals surface area (Å²) in [4.78, 5) is 4.42. The number of nitrogens with one attached hydrogen (secondary N) is 1. The molecule has 0 aromatic heterocycles. The highest BCUT2D eigenvalue weighted by molar-refractivity contribution is 5.82. The number of hydrogen-bond donors (Lipinski definition) is 2. The molecule has 1 aliphatic heterocycles. The average Bonchev–Trinajstić information content (AvgIpc) is 2.97. The average molecular weight is 182 g/mol. The molecule has 0 bridgehead atoms. The van der Waals surface area contributed by atoms with E-state index in [9.17, 15) is 0 Å². The molecule has 74 valence electrons. The van der Waals surface area contributed by atoms with Gasteiger partial charge in [0.2, 0.25) is 0 Å². The highest BCUT2D eigenvalue weighted by atomic mass is 16.3. The van der Waals surface area contributed by atoms with Gasteiger partial charge < -0.3 is 10.4 Å². The SMILES string of the molecule is OCC1(CNC2=NCCCC2)CC1. The Bertz CT molecular complexity index is 209. The second kappa shape index (κ2) is 3.66. The van der Waals surface area contributed by atoms with Crippen molar-refractivity contribution in [2.45, 2.75) is 32.1 Å². The first-order valence-electron chi connectivity index (χ1n) is 5.23. The third-order valence-corrected chi connectivity index (χ3v) is 3.08. The predicted molar refractivity (Wildman–Crippen MR) is 52.9 cm³/mol. The fraction of sp³-hybridized carbons (Fsp3) is 0.900. The minimum atomic E-state index is 0.208. The molecule has 0 spiro atoms. The van der Waals surface area contributed by atoms with Crippen LogP contribution >= 0.6 is 0 Å². The summed E-state index contributed by atoms with van der Waals surface area (Å²) in [7, 11) is 0. The Labute approximate surface area is 79.3 Å². The summed E-state index contributed by atoms with van der Waals surface area (Å²) in [6, 6.07) is 0. The maximum Gasteiger partial charge on any atom is 0.0963 e. The molecule has 0 amide bonds. The number of aliphatic hydroxyl groups excluding tert-OH is 1. The van der Waals surface area contributed by atoms with E-state index >= 15 is 0 Å². The third-order valence-electron chi connectivity index (χ3n) is 3.08. The van der Waals surface area contributed by atoms with Crippen molar-refractivity contribution in [2.75, 3.05) is 19.7 Å². The van der Waals surface area contributed by atoms with Gasteiger partial charge in [0.15, 0.2) is 0 Å². The number of nitrogens with zero attached hydrogens (tertiary/aromatic N) is 1. The van der Waals surface area contributed by atoms with Crippen LogP contribution in [0.5, 0.6) is 0 Å². The Morgan fingerprint density at radius 3 is 2.77 bits per heavy atom. The molecule has 0 radical (unpaired) electrons. The molecule has 2 rings (SSSR count). The summed E-state index contributed by atoms with van der Waals surface area (Å²) >= 11 is 0. The second-order valence-electron chi connectivity index (χ2n) is 4.30. The molecule has 1 heterocycles. The predicted octanol–water partition coefficient (Wildman–Crippen LogP) is 0.931. The van der Waals surface area contributed by atoms with Gasteiger partial charge in [0.1, 0.15) is 0 Å². The lowest BCUT2D eigenvalue weighted by Crippen LogP contribution is -2.33. The smallest absolute Gasteiger partial charge is 0.0963 e. The topological polar surface area (TPSA) is 44.6 Å². The van der Waals surface area contributed by atoms with Gasteiger partial charge in [-0.2, -0.15) is 0 Å². The summed E-state index contributed by atoms with van der Waals surface area (Å²) in [6.45, 7) is 2.23. The second-order valence-corrected chi connectivity index (χ2v) is 4.30. The maximum absolute atomic E-state index is 9.11. The number of aliphatic hydroxyl groups is 1. The van der Waals surface area contributed by atoms with Crippen molar-refractivity contribution >= 4 is 5.84 Å². The molecule has 1 saturated carbocycles. The van der Waals surface area contributed by atoms with Gasteiger partial charge in [0, 0.05) is 24.9 Å². The van der Waals surface area contributed by atoms with Crippen LogP contribution in [0.4, 0.5) is 0 Å². The van der Waals surface area contributed by atoms with Gasteiger partial charge in [-0.25, -0.2) is 0 Å². The lowest BCUT2D eigenvalue weighted by Gasteiger charge is -2.17. The monoisotopic (exact) mass is 182 g/mol. The van der Waals surface area contributed by atoms with Crippen LogP contribution in [0.25, 0.3) is 0 Å². The summed E-state index contributed by atoms with van der Waals surface area (Å²) in [5, 5.41) is 12.5. The number of aliphatic imine (C=N–C) groups is 1. The Morgan fingerprint density at radius 2 is 2.23 bits per heavy atom. The molecule has 0 saturated heterocycles. The molecule has 0 atom stereocenters. The molecule has 0 aromatic rings. The van der Waals surface area contributed by atoms with Gasteiger partial charge in [0.05, 0.1) is 12.4 Å². The molecule has 0 aromatic carbocycles. The number of hydrogen-bond acceptors (Lipinski definition) is 3. The van der Waals surface area contributed by atoms with Gasteiger partial charge in [-0.15, -0.1) is 0 Å². The summed E-state index contributed by atoms with van der Waals surface area (Å²) in [6.07, 6.45) is 5.93. The van der Waals surface area contributed by atoms with Crippen LogP contribution in [0, 0.1) is 5.41 Å². The Balaban J connectivity index is 1.75. The fourth-order valence-electron chi connectivity index (χ4n) is 1.70. The van der Waals surface area contributed by atoms with Crippen LogP contribution in [-0.2, 0) is 0 Å². The summed E-state index contributed by atoms with van der Waals surface area (Å²) in [5.41, 5.74) is 0.208. The van der Waals surface area contributed by atoms with E-state index in [1.165, 1.54) is 25.7 Å². The molecule has 3 heteroatoms. The summed E-state index contributed by atoms with van der Waals surface area (Å²) in [5.74, 6) is 1.16. The van der Waals surface area contributed by atoms with Crippen LogP contribution in [0.1, 0.15) is 32.1 Å². The molecular formula is C10H18N2O. The van der Waals surface area contributed by atoms with E-state index in [2.05, 4.69) is 10.3 Å². The van der Waals surface area contributed by atoms with Gasteiger partial charge in [0.25, 0.3) is 0 Å². The maximum atomic E-state index is 9.11. The van der Waals surface area contributed by atoms with Crippen molar-refractivity contribution in [3.63, 3.8) is 0 Å². The quantitative estimate of drug-likeness (QED) is 0.682. The van der Waals surface area contributed by atoms with Crippen LogP contribution < -0.4 is 5.32 Å². The summed E-state index contributed by atoms with van der Waals surface area (Å²) < 4.78 is 0. The van der Waals surface area contributed by atoms with Crippen molar-refractivity contribution in [1.82, 2.24) is 5.32 Å². The van der Waals surface area contributed by atoms with E-state index < -0.39 is 0 Å². The number of amidine groups is 1. The minimum Gasteiger partial charge on any atom is -0.396 e. The van der Waals surface area contributed by atoms with Crippen LogP contribution in [0.15, 0.2) is 4.99 Å². The van der Waals surface area contributed by atoms with Crippen LogP contribution in [-0.4, -0.2) is 30.6 Å². The molecule has 1 fully saturated rings. The lowest BCUT2D eigenvalue weighted by atomic mass is 10.1. The highest BCUT2D eigenvalue weighted by Crippen LogP contribution is 2.44. The van der Waals surface area contributed by atoms with Crippen LogP contribution in [0.2, 0.25) is 0 Å². The molecule has 13 heavy (non-hydrogen) atoms. The molecule has 0 unspecified atom stereocenters. The Morgan fingerprint density at radius 1 is 1.38 bits per heavy atom. The van der Waals surface area contributed by atoms with E-state index in [1.807, 2.05) is 0 Å². The van der Waals surface area contributed by atoms with E-state index in [0.717, 1.165) is 25.3 Å². The zero-order chi connectivity index (χ0) is 9.15. The Hall–Kier alpha value is -0.570. The molecule has 1 aliphatic carbocycles.